The van der Waals surface area contributed by atoms with Crippen LogP contribution in [0.3, 0.4) is 0 Å². The lowest BCUT2D eigenvalue weighted by atomic mass is 10.00. The molecular formula is C25H24N2O3. The molecule has 30 heavy (non-hydrogen) atoms. The molecule has 1 aliphatic rings. The van der Waals surface area contributed by atoms with Crippen LogP contribution in [0.2, 0.25) is 0 Å². The van der Waals surface area contributed by atoms with Gasteiger partial charge in [0.05, 0.1) is 13.5 Å². The highest BCUT2D eigenvalue weighted by Crippen LogP contribution is 2.31. The van der Waals surface area contributed by atoms with Crippen LogP contribution in [0, 0.1) is 0 Å². The Morgan fingerprint density at radius 3 is 2.63 bits per heavy atom. The number of carbonyl (C=O) groups excluding carboxylic acids is 2. The van der Waals surface area contributed by atoms with E-state index in [9.17, 15) is 9.59 Å². The second-order valence-corrected chi connectivity index (χ2v) is 7.35. The van der Waals surface area contributed by atoms with Gasteiger partial charge in [-0.2, -0.15) is 0 Å². The third-order valence-electron chi connectivity index (χ3n) is 5.25. The first-order chi connectivity index (χ1) is 14.6. The van der Waals surface area contributed by atoms with Crippen LogP contribution >= 0.6 is 0 Å². The van der Waals surface area contributed by atoms with Crippen LogP contribution in [0.15, 0.2) is 72.8 Å². The molecule has 0 atom stereocenters. The van der Waals surface area contributed by atoms with Crippen molar-refractivity contribution >= 4 is 23.2 Å². The van der Waals surface area contributed by atoms with E-state index in [0.29, 0.717) is 12.1 Å². The second-order valence-electron chi connectivity index (χ2n) is 7.35. The van der Waals surface area contributed by atoms with E-state index in [1.54, 1.807) is 7.11 Å². The van der Waals surface area contributed by atoms with Gasteiger partial charge in [-0.3, -0.25) is 9.59 Å². The molecule has 3 aromatic carbocycles. The van der Waals surface area contributed by atoms with Crippen molar-refractivity contribution in [3.63, 3.8) is 0 Å². The number of fused-ring (bicyclic) bond motifs is 1. The summed E-state index contributed by atoms with van der Waals surface area (Å²) in [5, 5.41) is 2.97. The molecule has 0 unspecified atom stereocenters. The number of nitrogens with one attached hydrogen (secondary N) is 1. The molecule has 0 aliphatic carbocycles. The van der Waals surface area contributed by atoms with Crippen molar-refractivity contribution < 1.29 is 14.3 Å². The summed E-state index contributed by atoms with van der Waals surface area (Å²) >= 11 is 0. The van der Waals surface area contributed by atoms with Crippen molar-refractivity contribution in [3.05, 3.63) is 89.5 Å². The first-order valence-electron chi connectivity index (χ1n) is 10.1. The van der Waals surface area contributed by atoms with E-state index >= 15 is 0 Å². The summed E-state index contributed by atoms with van der Waals surface area (Å²) < 4.78 is 5.21. The predicted molar refractivity (Wildman–Crippen MR) is 118 cm³/mol. The van der Waals surface area contributed by atoms with Gasteiger partial charge in [-0.15, -0.1) is 0 Å². The zero-order valence-electron chi connectivity index (χ0n) is 16.9. The van der Waals surface area contributed by atoms with E-state index in [-0.39, 0.29) is 18.2 Å². The molecule has 1 aliphatic heterocycles. The number of hydrogen-bond acceptors (Lipinski definition) is 3. The van der Waals surface area contributed by atoms with E-state index in [1.165, 1.54) is 0 Å². The van der Waals surface area contributed by atoms with Gasteiger partial charge in [0.2, 0.25) is 5.91 Å². The number of hydrogen-bond donors (Lipinski definition) is 1. The number of nitrogens with zero attached hydrogens (tertiary/aromatic N) is 1. The molecule has 2 amide bonds. The monoisotopic (exact) mass is 400 g/mol. The number of methoxy groups -OCH3 is 1. The molecule has 5 nitrogen and oxygen atoms in total. The molecule has 4 rings (SSSR count). The zero-order valence-corrected chi connectivity index (χ0v) is 16.9. The molecule has 0 spiro atoms. The lowest BCUT2D eigenvalue weighted by Gasteiger charge is -2.30. The Labute approximate surface area is 176 Å². The Hall–Kier alpha value is -3.60. The molecule has 0 fully saturated rings. The highest BCUT2D eigenvalue weighted by Gasteiger charge is 2.23. The minimum absolute atomic E-state index is 0.00589. The summed E-state index contributed by atoms with van der Waals surface area (Å²) in [6, 6.07) is 22.6. The highest BCUT2D eigenvalue weighted by molar-refractivity contribution is 6.07. The third-order valence-corrected chi connectivity index (χ3v) is 5.25. The van der Waals surface area contributed by atoms with Crippen LogP contribution in [0.25, 0.3) is 0 Å². The number of ether oxygens (including phenoxy) is 1. The Balaban J connectivity index is 1.48. The van der Waals surface area contributed by atoms with E-state index in [2.05, 4.69) is 5.32 Å². The van der Waals surface area contributed by atoms with Gasteiger partial charge in [0.1, 0.15) is 5.75 Å². The molecular weight excluding hydrogens is 376 g/mol. The molecule has 1 heterocycles. The number of anilines is 2. The Morgan fingerprint density at radius 1 is 1.00 bits per heavy atom. The van der Waals surface area contributed by atoms with Crippen LogP contribution in [0.5, 0.6) is 5.75 Å². The number of carbonyl (C=O) groups is 2. The molecule has 0 radical (unpaired) electrons. The van der Waals surface area contributed by atoms with Crippen molar-refractivity contribution in [1.29, 1.82) is 0 Å². The van der Waals surface area contributed by atoms with Gasteiger partial charge in [0, 0.05) is 23.5 Å². The maximum absolute atomic E-state index is 12.9. The molecule has 0 bridgehead atoms. The molecule has 1 N–H and O–H groups in total. The fraction of sp³-hybridized carbons (Fsp3) is 0.200. The normalized spacial score (nSPS) is 12.8. The maximum Gasteiger partial charge on any atom is 0.258 e. The topological polar surface area (TPSA) is 58.6 Å². The first kappa shape index (κ1) is 19.7. The van der Waals surface area contributed by atoms with Gasteiger partial charge in [0.15, 0.2) is 0 Å². The maximum atomic E-state index is 12.9. The van der Waals surface area contributed by atoms with Crippen molar-refractivity contribution in [2.45, 2.75) is 19.3 Å². The summed E-state index contributed by atoms with van der Waals surface area (Å²) in [6.45, 7) is 0.697. The number of amides is 2. The van der Waals surface area contributed by atoms with Gasteiger partial charge in [0.25, 0.3) is 5.91 Å². The van der Waals surface area contributed by atoms with Crippen molar-refractivity contribution in [2.24, 2.45) is 0 Å². The number of rotatable bonds is 5. The predicted octanol–water partition coefficient (Wildman–Crippen LogP) is 4.47. The van der Waals surface area contributed by atoms with Gasteiger partial charge >= 0.3 is 0 Å². The van der Waals surface area contributed by atoms with Crippen molar-refractivity contribution in [3.8, 4) is 5.75 Å². The smallest absolute Gasteiger partial charge is 0.258 e. The van der Waals surface area contributed by atoms with Crippen LogP contribution < -0.4 is 15.0 Å². The molecule has 3 aromatic rings. The molecule has 152 valence electrons. The fourth-order valence-corrected chi connectivity index (χ4v) is 3.80. The Bertz CT molecular complexity index is 1060. The highest BCUT2D eigenvalue weighted by atomic mass is 16.5. The fourth-order valence-electron chi connectivity index (χ4n) is 3.80. The van der Waals surface area contributed by atoms with Gasteiger partial charge < -0.3 is 15.0 Å². The molecule has 0 saturated carbocycles. The molecule has 5 heteroatoms. The standard InChI is InChI=1S/C25H24N2O3/c1-30-22-11-5-7-18(15-22)16-24(28)26-21-12-13-23-20(17-21)10-6-14-27(23)25(29)19-8-3-2-4-9-19/h2-5,7-9,11-13,15,17H,6,10,14,16H2,1H3,(H,26,28). The van der Waals surface area contributed by atoms with Crippen LogP contribution in [-0.2, 0) is 17.6 Å². The summed E-state index contributed by atoms with van der Waals surface area (Å²) in [7, 11) is 1.61. The molecule has 0 saturated heterocycles. The largest absolute Gasteiger partial charge is 0.497 e. The third kappa shape index (κ3) is 4.35. The lowest BCUT2D eigenvalue weighted by molar-refractivity contribution is -0.115. The Kier molecular flexibility index (Phi) is 5.80. The van der Waals surface area contributed by atoms with Crippen molar-refractivity contribution in [2.75, 3.05) is 23.9 Å². The van der Waals surface area contributed by atoms with E-state index in [1.807, 2.05) is 77.7 Å². The van der Waals surface area contributed by atoms with Gasteiger partial charge in [-0.05, 0) is 66.4 Å². The minimum Gasteiger partial charge on any atom is -0.497 e. The average Bonchev–Trinajstić information content (AvgIpc) is 2.78. The SMILES string of the molecule is COc1cccc(CC(=O)Nc2ccc3c(c2)CCCN3C(=O)c2ccccc2)c1. The first-order valence-corrected chi connectivity index (χ1v) is 10.1. The Morgan fingerprint density at radius 2 is 1.83 bits per heavy atom. The molecule has 0 aromatic heterocycles. The summed E-state index contributed by atoms with van der Waals surface area (Å²) in [5.41, 5.74) is 4.31. The summed E-state index contributed by atoms with van der Waals surface area (Å²) in [5.74, 6) is 0.653. The quantitative estimate of drug-likeness (QED) is 0.687. The summed E-state index contributed by atoms with van der Waals surface area (Å²) in [4.78, 5) is 27.2. The number of aryl methyl sites for hydroxylation is 1. The zero-order chi connectivity index (χ0) is 20.9. The second kappa shape index (κ2) is 8.82. The average molecular weight is 400 g/mol. The lowest BCUT2D eigenvalue weighted by Crippen LogP contribution is -2.35. The van der Waals surface area contributed by atoms with Crippen LogP contribution in [-0.4, -0.2) is 25.5 Å². The van der Waals surface area contributed by atoms with Crippen LogP contribution in [0.4, 0.5) is 11.4 Å². The van der Waals surface area contributed by atoms with E-state index in [0.717, 1.165) is 41.1 Å². The van der Waals surface area contributed by atoms with Crippen LogP contribution in [0.1, 0.15) is 27.9 Å². The summed E-state index contributed by atoms with van der Waals surface area (Å²) in [6.07, 6.45) is 2.05. The van der Waals surface area contributed by atoms with Gasteiger partial charge in [-0.1, -0.05) is 30.3 Å². The van der Waals surface area contributed by atoms with Gasteiger partial charge in [-0.25, -0.2) is 0 Å². The number of benzene rings is 3. The minimum atomic E-state index is -0.0868. The van der Waals surface area contributed by atoms with E-state index < -0.39 is 0 Å². The van der Waals surface area contributed by atoms with E-state index in [4.69, 9.17) is 4.74 Å². The van der Waals surface area contributed by atoms with Crippen molar-refractivity contribution in [1.82, 2.24) is 0 Å².